The Morgan fingerprint density at radius 1 is 1.09 bits per heavy atom. The van der Waals surface area contributed by atoms with Crippen LogP contribution in [-0.4, -0.2) is 40.5 Å². The van der Waals surface area contributed by atoms with E-state index < -0.39 is 11.4 Å². The first-order valence-electron chi connectivity index (χ1n) is 12.0. The quantitative estimate of drug-likeness (QED) is 0.333. The van der Waals surface area contributed by atoms with Gasteiger partial charge in [0, 0.05) is 12.6 Å². The van der Waals surface area contributed by atoms with Crippen LogP contribution in [0.3, 0.4) is 0 Å². The lowest BCUT2D eigenvalue weighted by molar-refractivity contribution is -0.164. The predicted octanol–water partition coefficient (Wildman–Crippen LogP) is 6.06. The summed E-state index contributed by atoms with van der Waals surface area (Å²) in [5.74, 6) is -1.03. The molecule has 5 nitrogen and oxygen atoms in total. The molecule has 34 heavy (non-hydrogen) atoms. The number of esters is 1. The molecule has 4 atom stereocenters. The first-order valence-corrected chi connectivity index (χ1v) is 12.0. The van der Waals surface area contributed by atoms with Crippen molar-refractivity contribution in [3.63, 3.8) is 0 Å². The number of hydrogen-bond donors (Lipinski definition) is 0. The van der Waals surface area contributed by atoms with Crippen molar-refractivity contribution in [3.05, 3.63) is 84.4 Å². The van der Waals surface area contributed by atoms with E-state index in [9.17, 15) is 4.79 Å². The van der Waals surface area contributed by atoms with Gasteiger partial charge in [0.2, 0.25) is 0 Å². The molecule has 0 bridgehead atoms. The van der Waals surface area contributed by atoms with E-state index in [1.165, 1.54) is 5.56 Å². The van der Waals surface area contributed by atoms with Gasteiger partial charge in [-0.3, -0.25) is 9.69 Å². The molecular formula is C29H39NO4. The first-order chi connectivity index (χ1) is 16.0. The summed E-state index contributed by atoms with van der Waals surface area (Å²) in [5.41, 5.74) is 1.76. The van der Waals surface area contributed by atoms with Crippen molar-refractivity contribution in [2.75, 3.05) is 0 Å². The van der Waals surface area contributed by atoms with E-state index >= 15 is 0 Å². The lowest BCUT2D eigenvalue weighted by atomic mass is 9.95. The molecule has 0 unspecified atom stereocenters. The van der Waals surface area contributed by atoms with Gasteiger partial charge >= 0.3 is 5.97 Å². The SMILES string of the molecule is C=C[C@H]1OC(C)(C)O[C@@H]1[C@@H](CC(=O)OC(C)(C)C)N(Cc1ccccc1)[C@@H](C)c1ccccc1. The molecule has 0 saturated carbocycles. The van der Waals surface area contributed by atoms with Gasteiger partial charge in [0.25, 0.3) is 0 Å². The van der Waals surface area contributed by atoms with Crippen LogP contribution in [0, 0.1) is 0 Å². The highest BCUT2D eigenvalue weighted by Gasteiger charge is 2.47. The summed E-state index contributed by atoms with van der Waals surface area (Å²) >= 11 is 0. The summed E-state index contributed by atoms with van der Waals surface area (Å²) in [6.07, 6.45) is 1.23. The molecular weight excluding hydrogens is 426 g/mol. The Morgan fingerprint density at radius 2 is 1.68 bits per heavy atom. The van der Waals surface area contributed by atoms with Crippen molar-refractivity contribution in [2.24, 2.45) is 0 Å². The van der Waals surface area contributed by atoms with Crippen LogP contribution >= 0.6 is 0 Å². The fourth-order valence-corrected chi connectivity index (χ4v) is 4.53. The number of rotatable bonds is 9. The van der Waals surface area contributed by atoms with Crippen LogP contribution in [0.1, 0.15) is 65.1 Å². The Bertz CT molecular complexity index is 936. The second kappa shape index (κ2) is 10.9. The van der Waals surface area contributed by atoms with E-state index in [1.54, 1.807) is 6.08 Å². The minimum Gasteiger partial charge on any atom is -0.460 e. The molecule has 5 heteroatoms. The average molecular weight is 466 g/mol. The van der Waals surface area contributed by atoms with Crippen LogP contribution in [0.4, 0.5) is 0 Å². The summed E-state index contributed by atoms with van der Waals surface area (Å²) in [6.45, 7) is 16.3. The number of nitrogens with zero attached hydrogens (tertiary/aromatic N) is 1. The largest absolute Gasteiger partial charge is 0.460 e. The van der Waals surface area contributed by atoms with Crippen molar-refractivity contribution < 1.29 is 19.0 Å². The summed E-state index contributed by atoms with van der Waals surface area (Å²) in [6, 6.07) is 20.4. The van der Waals surface area contributed by atoms with Gasteiger partial charge < -0.3 is 14.2 Å². The van der Waals surface area contributed by atoms with Gasteiger partial charge in [-0.2, -0.15) is 0 Å². The number of benzene rings is 2. The van der Waals surface area contributed by atoms with E-state index in [-0.39, 0.29) is 36.7 Å². The lowest BCUT2D eigenvalue weighted by Crippen LogP contribution is -2.49. The fourth-order valence-electron chi connectivity index (χ4n) is 4.53. The third kappa shape index (κ3) is 7.02. The summed E-state index contributed by atoms with van der Waals surface area (Å²) < 4.78 is 18.3. The molecule has 0 radical (unpaired) electrons. The Morgan fingerprint density at radius 3 is 2.24 bits per heavy atom. The van der Waals surface area contributed by atoms with E-state index in [4.69, 9.17) is 14.2 Å². The maximum atomic E-state index is 13.1. The van der Waals surface area contributed by atoms with E-state index in [1.807, 2.05) is 71.0 Å². The van der Waals surface area contributed by atoms with Gasteiger partial charge in [-0.15, -0.1) is 6.58 Å². The summed E-state index contributed by atoms with van der Waals surface area (Å²) in [4.78, 5) is 15.5. The van der Waals surface area contributed by atoms with E-state index in [2.05, 4.69) is 42.7 Å². The third-order valence-corrected chi connectivity index (χ3v) is 5.98. The van der Waals surface area contributed by atoms with Crippen molar-refractivity contribution in [3.8, 4) is 0 Å². The smallest absolute Gasteiger partial charge is 0.308 e. The molecule has 184 valence electrons. The standard InChI is InChI=1S/C29H39NO4/c1-8-25-27(34-29(6,7)32-25)24(19-26(31)33-28(3,4)5)30(20-22-15-11-9-12-16-22)21(2)23-17-13-10-14-18-23/h8-18,21,24-25,27H,1,19-20H2,2-7H3/t21-,24+,25+,27+/m0/s1. The lowest BCUT2D eigenvalue weighted by Gasteiger charge is -2.40. The van der Waals surface area contributed by atoms with Crippen molar-refractivity contribution in [1.29, 1.82) is 0 Å². The molecule has 0 N–H and O–H groups in total. The van der Waals surface area contributed by atoms with Crippen molar-refractivity contribution in [2.45, 2.75) is 90.2 Å². The highest BCUT2D eigenvalue weighted by molar-refractivity contribution is 5.70. The Labute approximate surface area is 204 Å². The zero-order valence-corrected chi connectivity index (χ0v) is 21.4. The molecule has 1 heterocycles. The molecule has 1 fully saturated rings. The molecule has 3 rings (SSSR count). The Kier molecular flexibility index (Phi) is 8.34. The van der Waals surface area contributed by atoms with Crippen LogP contribution in [0.15, 0.2) is 73.3 Å². The second-order valence-corrected chi connectivity index (χ2v) is 10.4. The normalized spacial score (nSPS) is 21.7. The van der Waals surface area contributed by atoms with Crippen LogP contribution in [0.5, 0.6) is 0 Å². The zero-order chi connectivity index (χ0) is 24.9. The second-order valence-electron chi connectivity index (χ2n) is 10.4. The topological polar surface area (TPSA) is 48.0 Å². The number of carbonyl (C=O) groups is 1. The van der Waals surface area contributed by atoms with E-state index in [0.717, 1.165) is 5.56 Å². The Balaban J connectivity index is 2.03. The maximum absolute atomic E-state index is 13.1. The van der Waals surface area contributed by atoms with Crippen molar-refractivity contribution in [1.82, 2.24) is 4.90 Å². The van der Waals surface area contributed by atoms with Gasteiger partial charge in [0.15, 0.2) is 5.79 Å². The van der Waals surface area contributed by atoms with Gasteiger partial charge in [0.1, 0.15) is 17.8 Å². The summed E-state index contributed by atoms with van der Waals surface area (Å²) in [5, 5.41) is 0. The highest BCUT2D eigenvalue weighted by atomic mass is 16.8. The molecule has 1 saturated heterocycles. The van der Waals surface area contributed by atoms with Crippen LogP contribution in [0.2, 0.25) is 0 Å². The first kappa shape index (κ1) is 26.1. The molecule has 1 aliphatic heterocycles. The van der Waals surface area contributed by atoms with E-state index in [0.29, 0.717) is 6.54 Å². The van der Waals surface area contributed by atoms with Gasteiger partial charge in [-0.1, -0.05) is 66.7 Å². The van der Waals surface area contributed by atoms with Crippen LogP contribution in [0.25, 0.3) is 0 Å². The molecule has 2 aromatic rings. The molecule has 2 aromatic carbocycles. The molecule has 0 amide bonds. The monoisotopic (exact) mass is 465 g/mol. The molecule has 0 aromatic heterocycles. The van der Waals surface area contributed by atoms with Gasteiger partial charge in [-0.25, -0.2) is 0 Å². The fraction of sp³-hybridized carbons (Fsp3) is 0.483. The van der Waals surface area contributed by atoms with Gasteiger partial charge in [-0.05, 0) is 52.7 Å². The van der Waals surface area contributed by atoms with Gasteiger partial charge in [0.05, 0.1) is 12.5 Å². The number of carbonyl (C=O) groups excluding carboxylic acids is 1. The van der Waals surface area contributed by atoms with Crippen molar-refractivity contribution >= 4 is 5.97 Å². The zero-order valence-electron chi connectivity index (χ0n) is 21.4. The predicted molar refractivity (Wildman–Crippen MR) is 135 cm³/mol. The molecule has 1 aliphatic rings. The minimum absolute atomic E-state index is 0.0200. The maximum Gasteiger partial charge on any atom is 0.308 e. The van der Waals surface area contributed by atoms with Crippen LogP contribution < -0.4 is 0 Å². The Hall–Kier alpha value is -2.47. The minimum atomic E-state index is -0.774. The third-order valence-electron chi connectivity index (χ3n) is 5.98. The average Bonchev–Trinajstić information content (AvgIpc) is 3.10. The molecule has 0 spiro atoms. The summed E-state index contributed by atoms with van der Waals surface area (Å²) in [7, 11) is 0. The number of ether oxygens (including phenoxy) is 3. The highest BCUT2D eigenvalue weighted by Crippen LogP contribution is 2.37. The number of hydrogen-bond acceptors (Lipinski definition) is 5. The molecule has 0 aliphatic carbocycles. The van der Waals surface area contributed by atoms with Crippen LogP contribution in [-0.2, 0) is 25.5 Å².